The molecule has 102 valence electrons. The molecule has 3 nitrogen and oxygen atoms in total. The molecule has 0 amide bonds. The first-order chi connectivity index (χ1) is 8.72. The molecule has 1 fully saturated rings. The molecular weight excluding hydrogens is 264 g/mol. The fourth-order valence-corrected chi connectivity index (χ4v) is 4.96. The van der Waals surface area contributed by atoms with Crippen molar-refractivity contribution in [1.82, 2.24) is 10.3 Å². The standard InChI is InChI=1S/C13H22N2OS2/c1-4-11-10(2)18-12(15-11)13(5-8-17-9-13)14-6-7-16-3/h14H,4-9H2,1-3H3. The summed E-state index contributed by atoms with van der Waals surface area (Å²) >= 11 is 3.89. The van der Waals surface area contributed by atoms with Crippen LogP contribution < -0.4 is 5.32 Å². The number of thioether (sulfide) groups is 1. The van der Waals surface area contributed by atoms with Crippen molar-refractivity contribution >= 4 is 23.1 Å². The number of nitrogens with one attached hydrogen (secondary N) is 1. The average molecular weight is 286 g/mol. The Balaban J connectivity index is 2.17. The molecule has 1 saturated heterocycles. The number of methoxy groups -OCH3 is 1. The molecular formula is C13H22N2OS2. The Morgan fingerprint density at radius 2 is 2.33 bits per heavy atom. The predicted molar refractivity (Wildman–Crippen MR) is 79.7 cm³/mol. The van der Waals surface area contributed by atoms with Crippen LogP contribution in [0.1, 0.15) is 28.9 Å². The van der Waals surface area contributed by atoms with E-state index in [-0.39, 0.29) is 5.54 Å². The first-order valence-electron chi connectivity index (χ1n) is 6.50. The first kappa shape index (κ1) is 14.3. The summed E-state index contributed by atoms with van der Waals surface area (Å²) in [5.74, 6) is 2.35. The van der Waals surface area contributed by atoms with Crippen molar-refractivity contribution in [2.24, 2.45) is 0 Å². The van der Waals surface area contributed by atoms with Crippen LogP contribution in [0.2, 0.25) is 0 Å². The molecule has 1 aromatic heterocycles. The van der Waals surface area contributed by atoms with Crippen LogP contribution >= 0.6 is 23.1 Å². The fraction of sp³-hybridized carbons (Fsp3) is 0.769. The van der Waals surface area contributed by atoms with Crippen LogP contribution in [0, 0.1) is 6.92 Å². The predicted octanol–water partition coefficient (Wildman–Crippen LogP) is 2.58. The molecule has 1 aliphatic rings. The van der Waals surface area contributed by atoms with E-state index in [2.05, 4.69) is 19.2 Å². The molecule has 0 spiro atoms. The third kappa shape index (κ3) is 2.90. The minimum absolute atomic E-state index is 0.0893. The smallest absolute Gasteiger partial charge is 0.114 e. The Kier molecular flexibility index (Phi) is 5.06. The maximum absolute atomic E-state index is 5.15. The summed E-state index contributed by atoms with van der Waals surface area (Å²) in [7, 11) is 1.75. The first-order valence-corrected chi connectivity index (χ1v) is 8.47. The van der Waals surface area contributed by atoms with E-state index in [1.165, 1.54) is 27.8 Å². The van der Waals surface area contributed by atoms with Gasteiger partial charge in [-0.05, 0) is 25.5 Å². The summed E-state index contributed by atoms with van der Waals surface area (Å²) in [5, 5.41) is 4.95. The van der Waals surface area contributed by atoms with Gasteiger partial charge in [-0.2, -0.15) is 11.8 Å². The Morgan fingerprint density at radius 1 is 1.50 bits per heavy atom. The molecule has 5 heteroatoms. The Morgan fingerprint density at radius 3 is 2.89 bits per heavy atom. The van der Waals surface area contributed by atoms with E-state index in [9.17, 15) is 0 Å². The maximum atomic E-state index is 5.15. The van der Waals surface area contributed by atoms with Gasteiger partial charge in [0.15, 0.2) is 0 Å². The number of hydrogen-bond acceptors (Lipinski definition) is 5. The van der Waals surface area contributed by atoms with Crippen LogP contribution in [0.4, 0.5) is 0 Å². The average Bonchev–Trinajstić information content (AvgIpc) is 2.97. The number of thiazole rings is 1. The van der Waals surface area contributed by atoms with E-state index in [1.54, 1.807) is 7.11 Å². The van der Waals surface area contributed by atoms with E-state index in [0.29, 0.717) is 0 Å². The topological polar surface area (TPSA) is 34.2 Å². The minimum Gasteiger partial charge on any atom is -0.383 e. The Hall–Kier alpha value is -0.100. The summed E-state index contributed by atoms with van der Waals surface area (Å²) in [4.78, 5) is 6.24. The number of rotatable bonds is 6. The van der Waals surface area contributed by atoms with Gasteiger partial charge in [0.2, 0.25) is 0 Å². The second-order valence-corrected chi connectivity index (χ2v) is 6.99. The zero-order valence-corrected chi connectivity index (χ0v) is 13.0. The van der Waals surface area contributed by atoms with E-state index in [0.717, 1.165) is 25.3 Å². The lowest BCUT2D eigenvalue weighted by molar-refractivity contribution is 0.187. The molecule has 0 aromatic carbocycles. The molecule has 18 heavy (non-hydrogen) atoms. The van der Waals surface area contributed by atoms with Gasteiger partial charge in [0, 0.05) is 24.3 Å². The van der Waals surface area contributed by atoms with Gasteiger partial charge in [0.1, 0.15) is 5.01 Å². The van der Waals surface area contributed by atoms with Crippen LogP contribution in [-0.4, -0.2) is 36.8 Å². The van der Waals surface area contributed by atoms with E-state index < -0.39 is 0 Å². The van der Waals surface area contributed by atoms with Gasteiger partial charge in [-0.3, -0.25) is 0 Å². The van der Waals surface area contributed by atoms with E-state index in [1.807, 2.05) is 23.1 Å². The molecule has 1 unspecified atom stereocenters. The van der Waals surface area contributed by atoms with Gasteiger partial charge in [0.05, 0.1) is 17.8 Å². The van der Waals surface area contributed by atoms with Crippen molar-refractivity contribution in [2.45, 2.75) is 32.2 Å². The SMILES string of the molecule is CCc1nc(C2(NCCOC)CCSC2)sc1C. The highest BCUT2D eigenvalue weighted by atomic mass is 32.2. The number of aromatic nitrogens is 1. The summed E-state index contributed by atoms with van der Waals surface area (Å²) in [5.41, 5.74) is 1.35. The lowest BCUT2D eigenvalue weighted by atomic mass is 10.00. The third-order valence-electron chi connectivity index (χ3n) is 3.43. The van der Waals surface area contributed by atoms with Crippen LogP contribution in [0.15, 0.2) is 0 Å². The third-order valence-corrected chi connectivity index (χ3v) is 5.84. The quantitative estimate of drug-likeness (QED) is 0.815. The second-order valence-electron chi connectivity index (χ2n) is 4.68. The van der Waals surface area contributed by atoms with Gasteiger partial charge < -0.3 is 10.1 Å². The summed E-state index contributed by atoms with van der Waals surface area (Å²) in [6.07, 6.45) is 2.21. The molecule has 0 aliphatic carbocycles. The van der Waals surface area contributed by atoms with Crippen LogP contribution in [0.5, 0.6) is 0 Å². The monoisotopic (exact) mass is 286 g/mol. The van der Waals surface area contributed by atoms with Crippen molar-refractivity contribution in [2.75, 3.05) is 31.8 Å². The van der Waals surface area contributed by atoms with Gasteiger partial charge in [-0.1, -0.05) is 6.92 Å². The van der Waals surface area contributed by atoms with Crippen LogP contribution in [-0.2, 0) is 16.7 Å². The zero-order valence-electron chi connectivity index (χ0n) is 11.4. The van der Waals surface area contributed by atoms with Crippen LogP contribution in [0.25, 0.3) is 0 Å². The van der Waals surface area contributed by atoms with Crippen molar-refractivity contribution in [3.8, 4) is 0 Å². The Bertz CT molecular complexity index is 386. The molecule has 2 heterocycles. The number of aryl methyl sites for hydroxylation is 2. The van der Waals surface area contributed by atoms with Crippen molar-refractivity contribution in [3.05, 3.63) is 15.6 Å². The number of nitrogens with zero attached hydrogens (tertiary/aromatic N) is 1. The van der Waals surface area contributed by atoms with Gasteiger partial charge >= 0.3 is 0 Å². The van der Waals surface area contributed by atoms with E-state index >= 15 is 0 Å². The number of ether oxygens (including phenoxy) is 1. The minimum atomic E-state index is 0.0893. The highest BCUT2D eigenvalue weighted by Gasteiger charge is 2.38. The molecule has 0 saturated carbocycles. The zero-order chi connectivity index (χ0) is 13.0. The second kappa shape index (κ2) is 6.37. The molecule has 1 N–H and O–H groups in total. The molecule has 1 aliphatic heterocycles. The van der Waals surface area contributed by atoms with Crippen molar-refractivity contribution < 1.29 is 4.74 Å². The summed E-state index contributed by atoms with van der Waals surface area (Å²) in [6, 6.07) is 0. The highest BCUT2D eigenvalue weighted by Crippen LogP contribution is 2.39. The molecule has 1 aromatic rings. The summed E-state index contributed by atoms with van der Waals surface area (Å²) in [6.45, 7) is 6.03. The van der Waals surface area contributed by atoms with Gasteiger partial charge in [-0.15, -0.1) is 11.3 Å². The maximum Gasteiger partial charge on any atom is 0.114 e. The normalized spacial score (nSPS) is 23.7. The van der Waals surface area contributed by atoms with Crippen LogP contribution in [0.3, 0.4) is 0 Å². The number of hydrogen-bond donors (Lipinski definition) is 1. The van der Waals surface area contributed by atoms with Crippen molar-refractivity contribution in [1.29, 1.82) is 0 Å². The lowest BCUT2D eigenvalue weighted by Crippen LogP contribution is -2.44. The Labute approximate surface area is 118 Å². The van der Waals surface area contributed by atoms with Crippen molar-refractivity contribution in [3.63, 3.8) is 0 Å². The fourth-order valence-electron chi connectivity index (χ4n) is 2.30. The highest BCUT2D eigenvalue weighted by molar-refractivity contribution is 7.99. The van der Waals surface area contributed by atoms with Gasteiger partial charge in [-0.25, -0.2) is 4.98 Å². The summed E-state index contributed by atoms with van der Waals surface area (Å²) < 4.78 is 5.15. The van der Waals surface area contributed by atoms with E-state index in [4.69, 9.17) is 9.72 Å². The largest absolute Gasteiger partial charge is 0.383 e. The lowest BCUT2D eigenvalue weighted by Gasteiger charge is -2.27. The molecule has 0 radical (unpaired) electrons. The molecule has 1 atom stereocenters. The molecule has 0 bridgehead atoms. The molecule has 2 rings (SSSR count). The van der Waals surface area contributed by atoms with Gasteiger partial charge in [0.25, 0.3) is 0 Å².